The molecule has 0 saturated carbocycles. The van der Waals surface area contributed by atoms with Crippen LogP contribution in [0.15, 0.2) is 94.4 Å². The van der Waals surface area contributed by atoms with E-state index in [0.717, 1.165) is 27.6 Å². The van der Waals surface area contributed by atoms with E-state index in [1.54, 1.807) is 18.3 Å². The van der Waals surface area contributed by atoms with Crippen LogP contribution in [0.5, 0.6) is 11.6 Å². The van der Waals surface area contributed by atoms with Gasteiger partial charge in [-0.3, -0.25) is 9.36 Å². The van der Waals surface area contributed by atoms with Gasteiger partial charge in [-0.15, -0.1) is 0 Å². The first-order chi connectivity index (χ1) is 18.4. The number of aromatic nitrogens is 4. The molecule has 0 atom stereocenters. The molecule has 5 aromatic heterocycles. The van der Waals surface area contributed by atoms with E-state index in [1.807, 2.05) is 30.5 Å². The zero-order chi connectivity index (χ0) is 26.0. The molecule has 0 saturated heterocycles. The van der Waals surface area contributed by atoms with E-state index in [0.29, 0.717) is 33.8 Å². The van der Waals surface area contributed by atoms with Crippen molar-refractivity contribution in [1.29, 1.82) is 0 Å². The van der Waals surface area contributed by atoms with Gasteiger partial charge in [0.1, 0.15) is 22.5 Å². The van der Waals surface area contributed by atoms with Gasteiger partial charge in [0, 0.05) is 41.4 Å². The van der Waals surface area contributed by atoms with Crippen LogP contribution in [0.25, 0.3) is 49.8 Å². The van der Waals surface area contributed by atoms with Crippen LogP contribution in [0.4, 0.5) is 0 Å². The van der Waals surface area contributed by atoms with Gasteiger partial charge in [0.25, 0.3) is 0 Å². The maximum atomic E-state index is 12.4. The van der Waals surface area contributed by atoms with E-state index in [2.05, 4.69) is 65.6 Å². The third-order valence-corrected chi connectivity index (χ3v) is 6.91. The second kappa shape index (κ2) is 8.05. The van der Waals surface area contributed by atoms with Gasteiger partial charge < -0.3 is 14.1 Å². The molecule has 2 aromatic carbocycles. The number of pyridine rings is 3. The fourth-order valence-corrected chi connectivity index (χ4v) is 5.01. The Bertz CT molecular complexity index is 2080. The summed E-state index contributed by atoms with van der Waals surface area (Å²) in [4.78, 5) is 24.8. The van der Waals surface area contributed by atoms with E-state index in [-0.39, 0.29) is 10.8 Å². The summed E-state index contributed by atoms with van der Waals surface area (Å²) in [6, 6.07) is 23.5. The number of ether oxygens (including phenoxy) is 1. The minimum absolute atomic E-state index is 0.00595. The van der Waals surface area contributed by atoms with E-state index in [9.17, 15) is 4.79 Å². The van der Waals surface area contributed by atoms with Crippen LogP contribution in [-0.4, -0.2) is 19.5 Å². The fourth-order valence-electron chi connectivity index (χ4n) is 5.01. The molecule has 0 amide bonds. The lowest BCUT2D eigenvalue weighted by atomic mass is 9.88. The fraction of sp³-hybridized carbons (Fsp3) is 0.129. The number of hydrogen-bond acceptors (Lipinski definition) is 5. The average molecular weight is 501 g/mol. The summed E-state index contributed by atoms with van der Waals surface area (Å²) in [5, 5.41) is 2.65. The van der Waals surface area contributed by atoms with Crippen molar-refractivity contribution in [3.05, 3.63) is 101 Å². The predicted octanol–water partition coefficient (Wildman–Crippen LogP) is 7.25. The summed E-state index contributed by atoms with van der Waals surface area (Å²) in [7, 11) is 0. The van der Waals surface area contributed by atoms with E-state index in [1.165, 1.54) is 11.6 Å². The van der Waals surface area contributed by atoms with Gasteiger partial charge in [0.2, 0.25) is 11.6 Å². The molecule has 7 aromatic rings. The Morgan fingerprint density at radius 2 is 1.76 bits per heavy atom. The van der Waals surface area contributed by atoms with Crippen molar-refractivity contribution < 1.29 is 9.15 Å². The molecule has 38 heavy (non-hydrogen) atoms. The Kier molecular flexibility index (Phi) is 4.72. The Hall–Kier alpha value is -4.91. The van der Waals surface area contributed by atoms with E-state index < -0.39 is 0 Å². The molecule has 0 aliphatic rings. The second-order valence-electron chi connectivity index (χ2n) is 10.4. The smallest absolute Gasteiger partial charge is 0.220 e. The molecule has 7 heteroatoms. The number of benzene rings is 2. The normalized spacial score (nSPS) is 12.2. The van der Waals surface area contributed by atoms with Crippen molar-refractivity contribution in [3.8, 4) is 17.4 Å². The van der Waals surface area contributed by atoms with E-state index in [4.69, 9.17) is 14.1 Å². The first-order valence-electron chi connectivity index (χ1n) is 12.5. The highest BCUT2D eigenvalue weighted by Gasteiger charge is 2.18. The molecule has 0 aliphatic carbocycles. The summed E-state index contributed by atoms with van der Waals surface area (Å²) in [5.41, 5.74) is 4.49. The van der Waals surface area contributed by atoms with Crippen LogP contribution in [0.2, 0.25) is 0 Å². The minimum Gasteiger partial charge on any atom is -0.439 e. The standard InChI is InChI=1S/C31H24N4O3/c1-31(2,3)18-12-14-32-26(16-18)35-22-7-5-4-6-20(22)21-9-8-19(17-23(21)35)37-27-11-10-25-29(34-27)28-24(36)13-15-33-30(28)38-25/h4-17H,1-3H3,(H,33,36). The van der Waals surface area contributed by atoms with Crippen LogP contribution in [0.1, 0.15) is 26.3 Å². The predicted molar refractivity (Wildman–Crippen MR) is 149 cm³/mol. The van der Waals surface area contributed by atoms with Crippen molar-refractivity contribution in [2.24, 2.45) is 0 Å². The largest absolute Gasteiger partial charge is 0.439 e. The third-order valence-electron chi connectivity index (χ3n) is 6.91. The number of hydrogen-bond donors (Lipinski definition) is 1. The van der Waals surface area contributed by atoms with Crippen molar-refractivity contribution in [2.75, 3.05) is 0 Å². The van der Waals surface area contributed by atoms with Gasteiger partial charge in [-0.2, -0.15) is 0 Å². The van der Waals surface area contributed by atoms with Crippen molar-refractivity contribution in [2.45, 2.75) is 26.2 Å². The minimum atomic E-state index is -0.155. The molecule has 0 spiro atoms. The number of fused-ring (bicyclic) bond motifs is 6. The second-order valence-corrected chi connectivity index (χ2v) is 10.4. The molecular weight excluding hydrogens is 476 g/mol. The van der Waals surface area contributed by atoms with Crippen molar-refractivity contribution in [3.63, 3.8) is 0 Å². The van der Waals surface area contributed by atoms with Gasteiger partial charge in [-0.1, -0.05) is 39.0 Å². The number of H-pyrrole nitrogens is 1. The number of para-hydroxylation sites is 1. The summed E-state index contributed by atoms with van der Waals surface area (Å²) < 4.78 is 14.1. The Morgan fingerprint density at radius 3 is 2.63 bits per heavy atom. The van der Waals surface area contributed by atoms with Crippen LogP contribution < -0.4 is 10.2 Å². The van der Waals surface area contributed by atoms with Crippen molar-refractivity contribution >= 4 is 44.0 Å². The van der Waals surface area contributed by atoms with Gasteiger partial charge in [-0.25, -0.2) is 9.97 Å². The van der Waals surface area contributed by atoms with Gasteiger partial charge in [-0.05, 0) is 47.4 Å². The van der Waals surface area contributed by atoms with Gasteiger partial charge in [0.15, 0.2) is 11.0 Å². The number of nitrogens with one attached hydrogen (secondary N) is 1. The molecule has 1 N–H and O–H groups in total. The zero-order valence-electron chi connectivity index (χ0n) is 21.1. The first-order valence-corrected chi connectivity index (χ1v) is 12.5. The molecule has 5 heterocycles. The van der Waals surface area contributed by atoms with Gasteiger partial charge in [0.05, 0.1) is 11.0 Å². The molecular formula is C31H24N4O3. The number of rotatable bonds is 3. The summed E-state index contributed by atoms with van der Waals surface area (Å²) in [6.45, 7) is 6.60. The highest BCUT2D eigenvalue weighted by molar-refractivity contribution is 6.09. The van der Waals surface area contributed by atoms with Crippen molar-refractivity contribution in [1.82, 2.24) is 19.5 Å². The van der Waals surface area contributed by atoms with Crippen LogP contribution >= 0.6 is 0 Å². The zero-order valence-corrected chi connectivity index (χ0v) is 21.1. The van der Waals surface area contributed by atoms with Crippen LogP contribution in [-0.2, 0) is 5.41 Å². The molecule has 7 nitrogen and oxygen atoms in total. The highest BCUT2D eigenvalue weighted by atomic mass is 16.5. The third kappa shape index (κ3) is 3.47. The molecule has 0 radical (unpaired) electrons. The lowest BCUT2D eigenvalue weighted by Crippen LogP contribution is -2.12. The Morgan fingerprint density at radius 1 is 0.921 bits per heavy atom. The maximum Gasteiger partial charge on any atom is 0.220 e. The molecule has 0 fully saturated rings. The average Bonchev–Trinajstić information content (AvgIpc) is 3.44. The Labute approximate surface area is 217 Å². The first kappa shape index (κ1) is 22.3. The molecule has 0 aliphatic heterocycles. The highest BCUT2D eigenvalue weighted by Crippen LogP contribution is 2.36. The van der Waals surface area contributed by atoms with Crippen LogP contribution in [0.3, 0.4) is 0 Å². The number of furan rings is 1. The SMILES string of the molecule is CC(C)(C)c1ccnc(-n2c3ccccc3c3ccc(Oc4ccc5oc6[nH]ccc(=O)c6c5n4)cc32)c1. The number of nitrogens with zero attached hydrogens (tertiary/aromatic N) is 3. The lowest BCUT2D eigenvalue weighted by Gasteiger charge is -2.20. The quantitative estimate of drug-likeness (QED) is 0.276. The van der Waals surface area contributed by atoms with E-state index >= 15 is 0 Å². The Balaban J connectivity index is 1.38. The summed E-state index contributed by atoms with van der Waals surface area (Å²) >= 11 is 0. The van der Waals surface area contributed by atoms with Crippen LogP contribution in [0, 0.1) is 0 Å². The summed E-state index contributed by atoms with van der Waals surface area (Å²) in [6.07, 6.45) is 3.43. The number of aromatic amines is 1. The maximum absolute atomic E-state index is 12.4. The molecule has 0 bridgehead atoms. The lowest BCUT2D eigenvalue weighted by molar-refractivity contribution is 0.465. The molecule has 0 unspecified atom stereocenters. The topological polar surface area (TPSA) is 85.9 Å². The molecule has 186 valence electrons. The summed E-state index contributed by atoms with van der Waals surface area (Å²) in [5.74, 6) is 1.85. The molecule has 7 rings (SSSR count). The van der Waals surface area contributed by atoms with Gasteiger partial charge >= 0.3 is 0 Å². The monoisotopic (exact) mass is 500 g/mol.